The van der Waals surface area contributed by atoms with Crippen LogP contribution in [0, 0.1) is 12.8 Å². The zero-order chi connectivity index (χ0) is 19.4. The Bertz CT molecular complexity index is 770. The van der Waals surface area contributed by atoms with Gasteiger partial charge in [0, 0.05) is 26.2 Å². The van der Waals surface area contributed by atoms with Crippen molar-refractivity contribution in [3.8, 4) is 5.75 Å². The summed E-state index contributed by atoms with van der Waals surface area (Å²) in [6.07, 6.45) is 5.88. The number of nitrogens with zero attached hydrogens (tertiary/aromatic N) is 2. The van der Waals surface area contributed by atoms with E-state index in [1.807, 2.05) is 17.9 Å². The first-order valence-electron chi connectivity index (χ1n) is 9.87. The molecule has 0 radical (unpaired) electrons. The first-order chi connectivity index (χ1) is 12.9. The monoisotopic (exact) mass is 394 g/mol. The van der Waals surface area contributed by atoms with Crippen molar-refractivity contribution in [3.63, 3.8) is 0 Å². The van der Waals surface area contributed by atoms with Gasteiger partial charge in [0.05, 0.1) is 13.0 Å². The van der Waals surface area contributed by atoms with E-state index in [-0.39, 0.29) is 23.3 Å². The zero-order valence-corrected chi connectivity index (χ0v) is 17.1. The highest BCUT2D eigenvalue weighted by molar-refractivity contribution is 7.89. The molecule has 0 spiro atoms. The Morgan fingerprint density at radius 3 is 2.44 bits per heavy atom. The van der Waals surface area contributed by atoms with E-state index in [9.17, 15) is 13.2 Å². The molecule has 27 heavy (non-hydrogen) atoms. The average molecular weight is 395 g/mol. The number of benzene rings is 1. The van der Waals surface area contributed by atoms with Crippen molar-refractivity contribution in [1.82, 2.24) is 9.21 Å². The molecule has 2 saturated heterocycles. The molecule has 2 aliphatic heterocycles. The van der Waals surface area contributed by atoms with Gasteiger partial charge in [-0.1, -0.05) is 18.9 Å². The molecule has 0 aromatic heterocycles. The van der Waals surface area contributed by atoms with Crippen LogP contribution in [0.2, 0.25) is 0 Å². The minimum atomic E-state index is -3.69. The summed E-state index contributed by atoms with van der Waals surface area (Å²) in [4.78, 5) is 15.1. The summed E-state index contributed by atoms with van der Waals surface area (Å²) in [7, 11) is -2.22. The third-order valence-electron chi connectivity index (χ3n) is 5.59. The maximum Gasteiger partial charge on any atom is 0.246 e. The number of aryl methyl sites for hydroxylation is 1. The first kappa shape index (κ1) is 20.1. The standard InChI is InChI=1S/C20H30N2O4S/c1-16-9-10-18(26-2)19(14-16)27(24,25)22-13-7-8-17(15-22)20(23)21-11-5-3-4-6-12-21/h9-10,14,17H,3-8,11-13,15H2,1-2H3/t17-/m1/s1. The number of ether oxygens (including phenoxy) is 1. The fraction of sp³-hybridized carbons (Fsp3) is 0.650. The lowest BCUT2D eigenvalue weighted by molar-refractivity contribution is -0.136. The summed E-state index contributed by atoms with van der Waals surface area (Å²) in [5.41, 5.74) is 0.864. The number of piperidine rings is 1. The third-order valence-corrected chi connectivity index (χ3v) is 7.47. The van der Waals surface area contributed by atoms with Crippen LogP contribution in [0.5, 0.6) is 5.75 Å². The van der Waals surface area contributed by atoms with Gasteiger partial charge in [-0.15, -0.1) is 0 Å². The molecule has 0 unspecified atom stereocenters. The van der Waals surface area contributed by atoms with E-state index >= 15 is 0 Å². The van der Waals surface area contributed by atoms with Crippen molar-refractivity contribution in [3.05, 3.63) is 23.8 Å². The number of carbonyl (C=O) groups is 1. The highest BCUT2D eigenvalue weighted by Crippen LogP contribution is 2.31. The molecule has 0 bridgehead atoms. The second kappa shape index (κ2) is 8.61. The van der Waals surface area contributed by atoms with Crippen LogP contribution in [0.1, 0.15) is 44.1 Å². The second-order valence-corrected chi connectivity index (χ2v) is 9.50. The molecule has 1 atom stereocenters. The van der Waals surface area contributed by atoms with Crippen LogP contribution in [-0.4, -0.2) is 56.8 Å². The number of hydrogen-bond acceptors (Lipinski definition) is 4. The molecule has 1 amide bonds. The quantitative estimate of drug-likeness (QED) is 0.788. The van der Waals surface area contributed by atoms with Gasteiger partial charge in [0.15, 0.2) is 0 Å². The molecule has 150 valence electrons. The van der Waals surface area contributed by atoms with Crippen molar-refractivity contribution in [2.45, 2.75) is 50.3 Å². The van der Waals surface area contributed by atoms with Gasteiger partial charge in [0.1, 0.15) is 10.6 Å². The van der Waals surface area contributed by atoms with Crippen molar-refractivity contribution in [1.29, 1.82) is 0 Å². The van der Waals surface area contributed by atoms with Crippen LogP contribution < -0.4 is 4.74 Å². The smallest absolute Gasteiger partial charge is 0.246 e. The second-order valence-electron chi connectivity index (χ2n) is 7.60. The van der Waals surface area contributed by atoms with Gasteiger partial charge < -0.3 is 9.64 Å². The number of sulfonamides is 1. The summed E-state index contributed by atoms with van der Waals surface area (Å²) >= 11 is 0. The number of carbonyl (C=O) groups excluding carboxylic acids is 1. The van der Waals surface area contributed by atoms with Crippen LogP contribution in [0.4, 0.5) is 0 Å². The lowest BCUT2D eigenvalue weighted by Crippen LogP contribution is -2.47. The van der Waals surface area contributed by atoms with Gasteiger partial charge in [-0.05, 0) is 50.3 Å². The molecule has 2 heterocycles. The summed E-state index contributed by atoms with van der Waals surface area (Å²) in [5, 5.41) is 0. The summed E-state index contributed by atoms with van der Waals surface area (Å²) in [6, 6.07) is 5.17. The molecule has 3 rings (SSSR count). The van der Waals surface area contributed by atoms with E-state index < -0.39 is 10.0 Å². The number of likely N-dealkylation sites (tertiary alicyclic amines) is 1. The van der Waals surface area contributed by atoms with Crippen LogP contribution in [0.25, 0.3) is 0 Å². The Labute approximate surface area is 162 Å². The predicted octanol–water partition coefficient (Wildman–Crippen LogP) is 2.81. The number of amides is 1. The Morgan fingerprint density at radius 1 is 1.07 bits per heavy atom. The van der Waals surface area contributed by atoms with E-state index in [4.69, 9.17) is 4.74 Å². The molecule has 1 aromatic carbocycles. The Hall–Kier alpha value is -1.60. The first-order valence-corrected chi connectivity index (χ1v) is 11.3. The third kappa shape index (κ3) is 4.46. The maximum atomic E-state index is 13.2. The number of methoxy groups -OCH3 is 1. The molecule has 1 aromatic rings. The zero-order valence-electron chi connectivity index (χ0n) is 16.3. The van der Waals surface area contributed by atoms with Gasteiger partial charge in [-0.25, -0.2) is 8.42 Å². The Balaban J connectivity index is 1.79. The van der Waals surface area contributed by atoms with Gasteiger partial charge in [-0.3, -0.25) is 4.79 Å². The molecule has 2 aliphatic rings. The van der Waals surface area contributed by atoms with Crippen molar-refractivity contribution >= 4 is 15.9 Å². The Kier molecular flexibility index (Phi) is 6.42. The molecule has 0 aliphatic carbocycles. The van der Waals surface area contributed by atoms with Crippen molar-refractivity contribution < 1.29 is 17.9 Å². The summed E-state index contributed by atoms with van der Waals surface area (Å²) < 4.78 is 33.2. The molecular formula is C20H30N2O4S. The van der Waals surface area contributed by atoms with Gasteiger partial charge in [-0.2, -0.15) is 4.31 Å². The SMILES string of the molecule is COc1ccc(C)cc1S(=O)(=O)N1CCC[C@@H](C(=O)N2CCCCCC2)C1. The maximum absolute atomic E-state index is 13.2. The predicted molar refractivity (Wildman–Crippen MR) is 104 cm³/mol. The van der Waals surface area contributed by atoms with Gasteiger partial charge in [0.25, 0.3) is 0 Å². The fourth-order valence-corrected chi connectivity index (χ4v) is 5.80. The van der Waals surface area contributed by atoms with Gasteiger partial charge in [0.2, 0.25) is 15.9 Å². The summed E-state index contributed by atoms with van der Waals surface area (Å²) in [5.74, 6) is 0.219. The fourth-order valence-electron chi connectivity index (χ4n) is 4.04. The number of hydrogen-bond donors (Lipinski definition) is 0. The minimum absolute atomic E-state index is 0.119. The molecule has 7 heteroatoms. The van der Waals surface area contributed by atoms with E-state index in [0.29, 0.717) is 18.7 Å². The minimum Gasteiger partial charge on any atom is -0.495 e. The van der Waals surface area contributed by atoms with E-state index in [2.05, 4.69) is 0 Å². The topological polar surface area (TPSA) is 66.9 Å². The molecular weight excluding hydrogens is 364 g/mol. The lowest BCUT2D eigenvalue weighted by atomic mass is 9.98. The van der Waals surface area contributed by atoms with E-state index in [1.165, 1.54) is 24.3 Å². The highest BCUT2D eigenvalue weighted by Gasteiger charge is 2.36. The largest absolute Gasteiger partial charge is 0.495 e. The Morgan fingerprint density at radius 2 is 1.78 bits per heavy atom. The van der Waals surface area contributed by atoms with Crippen molar-refractivity contribution in [2.24, 2.45) is 5.92 Å². The van der Waals surface area contributed by atoms with E-state index in [0.717, 1.165) is 37.9 Å². The molecule has 2 fully saturated rings. The molecule has 6 nitrogen and oxygen atoms in total. The van der Waals surface area contributed by atoms with Crippen molar-refractivity contribution in [2.75, 3.05) is 33.3 Å². The average Bonchev–Trinajstić information content (AvgIpc) is 2.97. The number of rotatable bonds is 4. The summed E-state index contributed by atoms with van der Waals surface area (Å²) in [6.45, 7) is 4.17. The lowest BCUT2D eigenvalue weighted by Gasteiger charge is -2.34. The highest BCUT2D eigenvalue weighted by atomic mass is 32.2. The van der Waals surface area contributed by atoms with Crippen LogP contribution >= 0.6 is 0 Å². The molecule has 0 saturated carbocycles. The van der Waals surface area contributed by atoms with Crippen LogP contribution in [0.15, 0.2) is 23.1 Å². The van der Waals surface area contributed by atoms with E-state index in [1.54, 1.807) is 12.1 Å². The van der Waals surface area contributed by atoms with Crippen LogP contribution in [-0.2, 0) is 14.8 Å². The van der Waals surface area contributed by atoms with Crippen LogP contribution in [0.3, 0.4) is 0 Å². The van der Waals surface area contributed by atoms with Gasteiger partial charge >= 0.3 is 0 Å². The normalized spacial score (nSPS) is 22.3. The molecule has 0 N–H and O–H groups in total.